The molecule has 0 aromatic rings. The quantitative estimate of drug-likeness (QED) is 0.0169. The Hall–Kier alpha value is -0.260. The summed E-state index contributed by atoms with van der Waals surface area (Å²) in [6.07, 6.45) is 11.0. The van der Waals surface area contributed by atoms with Crippen molar-refractivity contribution in [3.05, 3.63) is 0 Å². The fraction of sp³-hybridized carbons (Fsp3) is 0.905. The Bertz CT molecular complexity index is 1330. The summed E-state index contributed by atoms with van der Waals surface area (Å²) in [7, 11) is 0. The summed E-state index contributed by atoms with van der Waals surface area (Å²) < 4.78 is 19.9. The van der Waals surface area contributed by atoms with Crippen molar-refractivity contribution >= 4 is 110 Å². The zero-order valence-corrected chi connectivity index (χ0v) is 42.8. The molecular formula is C42H70BrCl6NO12. The average molecular weight is 1070 g/mol. The molecule has 1 aliphatic heterocycles. The fourth-order valence-corrected chi connectivity index (χ4v) is 7.78. The van der Waals surface area contributed by atoms with Crippen LogP contribution in [0.5, 0.6) is 0 Å². The molecule has 364 valence electrons. The SMILES string of the molecule is CCCCCCCCCCCCCC(=O)O[C@H](CCCCCCCCCCC)CC(=O)[C@@]1(Br)O[C@H](COC(=O)OC(C)(C)C(Cl)(Cl)Cl)[C@@H](O)[C@H](O)[C@]1(O)NC(=O)OCC(Cl)(Cl)Cl. The number of alkyl halides is 7. The monoisotopic (exact) mass is 1070 g/mol. The smallest absolute Gasteiger partial charge is 0.462 e. The Morgan fingerprint density at radius 3 is 1.68 bits per heavy atom. The van der Waals surface area contributed by atoms with Crippen LogP contribution in [0.1, 0.15) is 175 Å². The van der Waals surface area contributed by atoms with Gasteiger partial charge in [-0.1, -0.05) is 199 Å². The van der Waals surface area contributed by atoms with E-state index in [4.69, 9.17) is 93.3 Å². The van der Waals surface area contributed by atoms with Crippen molar-refractivity contribution in [2.75, 3.05) is 13.2 Å². The molecule has 20 heteroatoms. The molecule has 1 saturated heterocycles. The van der Waals surface area contributed by atoms with Crippen molar-refractivity contribution in [1.29, 1.82) is 0 Å². The van der Waals surface area contributed by atoms with E-state index in [9.17, 15) is 34.5 Å². The highest BCUT2D eigenvalue weighted by atomic mass is 79.9. The zero-order chi connectivity index (χ0) is 47.0. The number of esters is 1. The van der Waals surface area contributed by atoms with Gasteiger partial charge in [-0.3, -0.25) is 14.9 Å². The van der Waals surface area contributed by atoms with E-state index in [1.54, 1.807) is 0 Å². The molecule has 0 aliphatic carbocycles. The first-order valence-electron chi connectivity index (χ1n) is 22.1. The van der Waals surface area contributed by atoms with E-state index in [1.165, 1.54) is 65.2 Å². The zero-order valence-electron chi connectivity index (χ0n) is 36.6. The van der Waals surface area contributed by atoms with Crippen LogP contribution in [0.4, 0.5) is 9.59 Å². The van der Waals surface area contributed by atoms with E-state index in [0.29, 0.717) is 12.8 Å². The minimum atomic E-state index is -3.19. The van der Waals surface area contributed by atoms with Gasteiger partial charge in [0.15, 0.2) is 11.4 Å². The van der Waals surface area contributed by atoms with Gasteiger partial charge in [-0.15, -0.1) is 0 Å². The molecule has 0 aromatic carbocycles. The van der Waals surface area contributed by atoms with E-state index in [0.717, 1.165) is 64.2 Å². The van der Waals surface area contributed by atoms with Gasteiger partial charge in [0.05, 0.1) is 0 Å². The summed E-state index contributed by atoms with van der Waals surface area (Å²) in [4.78, 5) is 53.2. The van der Waals surface area contributed by atoms with E-state index < -0.39 is 91.5 Å². The highest BCUT2D eigenvalue weighted by molar-refractivity contribution is 9.10. The number of Topliss-reactive ketones (excluding diaryl/α,β-unsaturated/α-hetero) is 1. The second kappa shape index (κ2) is 30.2. The predicted octanol–water partition coefficient (Wildman–Crippen LogP) is 11.8. The molecule has 0 saturated carbocycles. The van der Waals surface area contributed by atoms with Crippen molar-refractivity contribution in [3.8, 4) is 0 Å². The number of rotatable bonds is 31. The highest BCUT2D eigenvalue weighted by Crippen LogP contribution is 2.44. The molecule has 1 rings (SSSR count). The van der Waals surface area contributed by atoms with Crippen LogP contribution in [0.2, 0.25) is 0 Å². The van der Waals surface area contributed by atoms with Crippen LogP contribution in [-0.4, -0.2) is 100 Å². The van der Waals surface area contributed by atoms with Crippen molar-refractivity contribution in [2.24, 2.45) is 0 Å². The lowest BCUT2D eigenvalue weighted by molar-refractivity contribution is -0.284. The topological polar surface area (TPSA) is 187 Å². The standard InChI is InChI=1S/C42H70BrCl6NO12/c1-5-7-9-11-13-15-16-18-20-22-24-26-33(52)60-30(25-23-21-19-17-14-12-10-8-6-2)27-32(51)40(43)41(57,50-36(55)59-29-39(44,45)46)35(54)34(53)31(61-40)28-58-37(56)62-38(3,4)42(47,48)49/h30-31,34-35,53-54,57H,5-29H2,1-4H3,(H,50,55)/t30-,31-,34-,35+,40-,41-/m1/s1. The minimum Gasteiger partial charge on any atom is -0.462 e. The molecule has 1 aliphatic rings. The fourth-order valence-electron chi connectivity index (χ4n) is 6.76. The van der Waals surface area contributed by atoms with E-state index in [-0.39, 0.29) is 12.8 Å². The van der Waals surface area contributed by atoms with Crippen LogP contribution in [0.3, 0.4) is 0 Å². The Morgan fingerprint density at radius 2 is 1.21 bits per heavy atom. The predicted molar refractivity (Wildman–Crippen MR) is 247 cm³/mol. The minimum absolute atomic E-state index is 0.130. The lowest BCUT2D eigenvalue weighted by Gasteiger charge is -2.52. The van der Waals surface area contributed by atoms with E-state index >= 15 is 0 Å². The lowest BCUT2D eigenvalue weighted by atomic mass is 9.85. The number of nitrogens with one attached hydrogen (secondary N) is 1. The molecule has 62 heavy (non-hydrogen) atoms. The number of alkyl carbamates (subject to hydrolysis) is 1. The third kappa shape index (κ3) is 22.5. The largest absolute Gasteiger partial charge is 0.509 e. The number of carbonyl (C=O) groups excluding carboxylic acids is 4. The van der Waals surface area contributed by atoms with Gasteiger partial charge < -0.3 is 39.0 Å². The Labute approximate surface area is 407 Å². The van der Waals surface area contributed by atoms with Gasteiger partial charge in [0, 0.05) is 12.8 Å². The Morgan fingerprint density at radius 1 is 0.742 bits per heavy atom. The number of unbranched alkanes of at least 4 members (excludes halogenated alkanes) is 18. The maximum Gasteiger partial charge on any atom is 0.509 e. The number of carbonyl (C=O) groups is 4. The number of amides is 1. The lowest BCUT2D eigenvalue weighted by Crippen LogP contribution is -2.79. The van der Waals surface area contributed by atoms with Crippen molar-refractivity contribution < 1.29 is 58.2 Å². The number of ketones is 1. The third-order valence-corrected chi connectivity index (χ3v) is 13.6. The molecule has 0 spiro atoms. The first-order valence-corrected chi connectivity index (χ1v) is 25.1. The Kier molecular flexibility index (Phi) is 29.1. The first kappa shape index (κ1) is 59.8. The van der Waals surface area contributed by atoms with Gasteiger partial charge in [0.1, 0.15) is 37.6 Å². The summed E-state index contributed by atoms with van der Waals surface area (Å²) in [5.74, 6) is -1.54. The third-order valence-electron chi connectivity index (χ3n) is 10.7. The van der Waals surface area contributed by atoms with Gasteiger partial charge >= 0.3 is 18.2 Å². The van der Waals surface area contributed by atoms with E-state index in [2.05, 4.69) is 29.8 Å². The molecule has 1 heterocycles. The van der Waals surface area contributed by atoms with Gasteiger partial charge in [-0.05, 0) is 49.0 Å². The molecule has 13 nitrogen and oxygen atoms in total. The molecule has 0 bridgehead atoms. The molecule has 1 fully saturated rings. The van der Waals surface area contributed by atoms with Gasteiger partial charge in [0.2, 0.25) is 17.8 Å². The van der Waals surface area contributed by atoms with Gasteiger partial charge in [0.25, 0.3) is 0 Å². The molecule has 4 N–H and O–H groups in total. The summed E-state index contributed by atoms with van der Waals surface area (Å²) >= 11 is 37.9. The first-order chi connectivity index (χ1) is 28.9. The molecule has 0 aromatic heterocycles. The number of ether oxygens (including phenoxy) is 5. The number of aliphatic hydroxyl groups excluding tert-OH is 2. The number of halogens is 7. The van der Waals surface area contributed by atoms with Crippen LogP contribution < -0.4 is 5.32 Å². The van der Waals surface area contributed by atoms with Crippen LogP contribution in [0.25, 0.3) is 0 Å². The molecule has 6 atom stereocenters. The molecule has 0 unspecified atom stereocenters. The molecule has 0 radical (unpaired) electrons. The van der Waals surface area contributed by atoms with Crippen LogP contribution in [0.15, 0.2) is 0 Å². The van der Waals surface area contributed by atoms with Crippen LogP contribution >= 0.6 is 85.5 Å². The average Bonchev–Trinajstić information content (AvgIpc) is 3.17. The maximum atomic E-state index is 14.4. The summed E-state index contributed by atoms with van der Waals surface area (Å²) in [6.45, 7) is 5.26. The van der Waals surface area contributed by atoms with Crippen LogP contribution in [-0.2, 0) is 33.3 Å². The van der Waals surface area contributed by atoms with Gasteiger partial charge in [-0.25, -0.2) is 9.59 Å². The van der Waals surface area contributed by atoms with Crippen LogP contribution in [0, 0.1) is 0 Å². The van der Waals surface area contributed by atoms with Crippen molar-refractivity contribution in [3.63, 3.8) is 0 Å². The number of aliphatic hydroxyl groups is 3. The number of hydrogen-bond acceptors (Lipinski definition) is 12. The second-order valence-electron chi connectivity index (χ2n) is 16.6. The second-order valence-corrected chi connectivity index (χ2v) is 22.5. The Balaban J connectivity index is 3.23. The maximum absolute atomic E-state index is 14.4. The number of hydrogen-bond donors (Lipinski definition) is 4. The summed E-state index contributed by atoms with van der Waals surface area (Å²) in [5, 5.41) is 36.4. The van der Waals surface area contributed by atoms with Crippen molar-refractivity contribution in [2.45, 2.75) is 223 Å². The van der Waals surface area contributed by atoms with E-state index in [1.807, 2.05) is 5.32 Å². The van der Waals surface area contributed by atoms with Gasteiger partial charge in [-0.2, -0.15) is 0 Å². The van der Waals surface area contributed by atoms with Crippen molar-refractivity contribution in [1.82, 2.24) is 5.32 Å². The summed E-state index contributed by atoms with van der Waals surface area (Å²) in [6, 6.07) is 0. The highest BCUT2D eigenvalue weighted by Gasteiger charge is 2.68. The normalized spacial score (nSPS) is 22.5. The summed E-state index contributed by atoms with van der Waals surface area (Å²) in [5.41, 5.74) is -4.88. The molecular weight excluding hydrogens is 1000 g/mol. The molecule has 1 amide bonds.